The van der Waals surface area contributed by atoms with E-state index in [0.717, 1.165) is 0 Å². The molecular weight excluding hydrogens is 205 g/mol. The fourth-order valence-electron chi connectivity index (χ4n) is 0. The first kappa shape index (κ1) is 52.2. The van der Waals surface area contributed by atoms with E-state index in [1.54, 1.807) is 0 Å². The van der Waals surface area contributed by atoms with Crippen LogP contribution >= 0.6 is 7.82 Å². The Bertz CT molecular complexity index is 66.3. The van der Waals surface area contributed by atoms with Crippen LogP contribution < -0.4 is 59.1 Å². The van der Waals surface area contributed by atoms with Crippen LogP contribution in [0.4, 0.5) is 0 Å². The van der Waals surface area contributed by atoms with Crippen molar-refractivity contribution >= 4 is 7.82 Å². The summed E-state index contributed by atoms with van der Waals surface area (Å²) < 4.78 is 8.88. The summed E-state index contributed by atoms with van der Waals surface area (Å²) in [7, 11) is -4.64. The zero-order chi connectivity index (χ0) is 4.50. The molecule has 0 bridgehead atoms. The van der Waals surface area contributed by atoms with Gasteiger partial charge in [0, 0.05) is 0 Å². The molecule has 0 aromatic rings. The molecule has 0 aliphatic rings. The van der Waals surface area contributed by atoms with Gasteiger partial charge in [0.15, 0.2) is 0 Å². The van der Waals surface area contributed by atoms with E-state index in [1.807, 2.05) is 0 Å². The molecule has 0 saturated carbocycles. The van der Waals surface area contributed by atoms with Gasteiger partial charge in [-0.1, -0.05) is 0 Å². The molecule has 0 spiro atoms. The molecule has 0 aromatic carbocycles. The van der Waals surface area contributed by atoms with E-state index >= 15 is 0 Å². The molecule has 0 saturated heterocycles. The molecule has 0 heterocycles. The van der Waals surface area contributed by atoms with Gasteiger partial charge in [0.2, 0.25) is 0 Å². The van der Waals surface area contributed by atoms with Gasteiger partial charge >= 0.3 is 66.9 Å². The van der Waals surface area contributed by atoms with Crippen molar-refractivity contribution in [3.05, 3.63) is 0 Å². The van der Waals surface area contributed by atoms with E-state index in [2.05, 4.69) is 0 Å². The topological polar surface area (TPSA) is 204 Å². The van der Waals surface area contributed by atoms with E-state index < -0.39 is 7.82 Å². The zero-order valence-electron chi connectivity index (χ0n) is 8.20. The van der Waals surface area contributed by atoms with Crippen molar-refractivity contribution in [2.24, 2.45) is 0 Å². The summed E-state index contributed by atoms with van der Waals surface area (Å²) in [5.74, 6) is 0. The van der Waals surface area contributed by atoms with E-state index in [0.29, 0.717) is 0 Å². The Hall–Kier alpha value is 1.95. The number of phosphoric acid groups is 1. The van der Waals surface area contributed by atoms with Crippen molar-refractivity contribution in [1.82, 2.24) is 0 Å². The van der Waals surface area contributed by atoms with Gasteiger partial charge < -0.3 is 39.4 Å². The van der Waals surface area contributed by atoms with Crippen LogP contribution in [-0.4, -0.2) is 36.6 Å². The molecule has 0 amide bonds. The molecule has 0 unspecified atom stereocenters. The monoisotopic (exact) mass is 218 g/mol. The van der Waals surface area contributed by atoms with Gasteiger partial charge in [-0.05, 0) is 0 Å². The van der Waals surface area contributed by atoms with Crippen LogP contribution in [0.2, 0.25) is 0 Å². The predicted molar refractivity (Wildman–Crippen MR) is 30.9 cm³/mol. The third-order valence-corrected chi connectivity index (χ3v) is 0. The molecule has 68 valence electrons. The maximum atomic E-state index is 8.88. The molecule has 0 aliphatic heterocycles. The summed E-state index contributed by atoms with van der Waals surface area (Å²) in [5, 5.41) is 0. The quantitative estimate of drug-likeness (QED) is 0.267. The van der Waals surface area contributed by atoms with Crippen LogP contribution in [0.5, 0.6) is 0 Å². The van der Waals surface area contributed by atoms with Gasteiger partial charge in [-0.3, -0.25) is 0 Å². The first-order valence-corrected chi connectivity index (χ1v) is 2.35. The van der Waals surface area contributed by atoms with Crippen LogP contribution in [0.15, 0.2) is 0 Å². The number of rotatable bonds is 0. The van der Waals surface area contributed by atoms with Crippen molar-refractivity contribution < 1.29 is 103 Å². The maximum Gasteiger partial charge on any atom is 1.00 e. The third-order valence-electron chi connectivity index (χ3n) is 0. The molecule has 0 fully saturated rings. The van der Waals surface area contributed by atoms with Gasteiger partial charge in [-0.2, -0.15) is 0 Å². The Labute approximate surface area is 110 Å². The molecule has 0 aromatic heterocycles. The molecular formula is H13Na2O8P. The first-order valence-electron chi connectivity index (χ1n) is 0.783. The van der Waals surface area contributed by atoms with Crippen molar-refractivity contribution in [3.63, 3.8) is 0 Å². The van der Waals surface area contributed by atoms with Crippen LogP contribution in [0, 0.1) is 0 Å². The average molecular weight is 218 g/mol. The fourth-order valence-corrected chi connectivity index (χ4v) is 0. The summed E-state index contributed by atoms with van der Waals surface area (Å²) in [6, 6.07) is 0. The van der Waals surface area contributed by atoms with Gasteiger partial charge in [-0.25, -0.2) is 4.57 Å². The Morgan fingerprint density at radius 2 is 0.818 bits per heavy atom. The minimum atomic E-state index is -4.64. The number of hydrogen-bond donors (Lipinski definition) is 3. The van der Waals surface area contributed by atoms with Gasteiger partial charge in [0.05, 0.1) is 0 Å². The molecule has 11 heavy (non-hydrogen) atoms. The summed E-state index contributed by atoms with van der Waals surface area (Å²) in [6.07, 6.45) is 0. The smallest absolute Gasteiger partial charge is 1.00 e. The standard InChI is InChI=1S/2Na.H3O4P.4H2O.2H/c;;1-5(2,3)4;;;;;;/h;;(H3,1,2,3,4);4*1H2;;/q2*+1;;;;;;2*-1. The van der Waals surface area contributed by atoms with Crippen molar-refractivity contribution in [3.8, 4) is 0 Å². The van der Waals surface area contributed by atoms with Crippen molar-refractivity contribution in [2.75, 3.05) is 0 Å². The second kappa shape index (κ2) is 22.7. The van der Waals surface area contributed by atoms with E-state index in [9.17, 15) is 0 Å². The Kier molecular flexibility index (Phi) is 108. The largest absolute Gasteiger partial charge is 1.00 e. The van der Waals surface area contributed by atoms with Crippen molar-refractivity contribution in [1.29, 1.82) is 0 Å². The SMILES string of the molecule is O.O.O.O.O=P(O)(O)O.[H-].[H-].[Na+].[Na+]. The minimum absolute atomic E-state index is 0. The van der Waals surface area contributed by atoms with Crippen LogP contribution in [-0.2, 0) is 4.57 Å². The van der Waals surface area contributed by atoms with E-state index in [-0.39, 0.29) is 83.9 Å². The first-order chi connectivity index (χ1) is 2.00. The second-order valence-electron chi connectivity index (χ2n) is 0.513. The molecule has 8 nitrogen and oxygen atoms in total. The van der Waals surface area contributed by atoms with Crippen molar-refractivity contribution in [2.45, 2.75) is 0 Å². The minimum Gasteiger partial charge on any atom is -1.00 e. The normalized spacial score (nSPS) is 5.36. The fraction of sp³-hybridized carbons (Fsp3) is 0. The Balaban J connectivity index is -0.00000000286. The molecule has 11 N–H and O–H groups in total. The molecule has 0 aliphatic carbocycles. The van der Waals surface area contributed by atoms with Gasteiger partial charge in [-0.15, -0.1) is 0 Å². The summed E-state index contributed by atoms with van der Waals surface area (Å²) in [6.45, 7) is 0. The summed E-state index contributed by atoms with van der Waals surface area (Å²) >= 11 is 0. The van der Waals surface area contributed by atoms with Crippen LogP contribution in [0.1, 0.15) is 2.85 Å². The molecule has 11 heteroatoms. The van der Waals surface area contributed by atoms with E-state index in [1.165, 1.54) is 0 Å². The Morgan fingerprint density at radius 3 is 0.818 bits per heavy atom. The summed E-state index contributed by atoms with van der Waals surface area (Å²) in [4.78, 5) is 21.6. The second-order valence-corrected chi connectivity index (χ2v) is 1.54. The van der Waals surface area contributed by atoms with Gasteiger partial charge in [0.1, 0.15) is 0 Å². The molecule has 0 radical (unpaired) electrons. The van der Waals surface area contributed by atoms with Gasteiger partial charge in [0.25, 0.3) is 0 Å². The summed E-state index contributed by atoms with van der Waals surface area (Å²) in [5.41, 5.74) is 0. The molecule has 0 rings (SSSR count). The zero-order valence-corrected chi connectivity index (χ0v) is 11.1. The van der Waals surface area contributed by atoms with Crippen LogP contribution in [0.3, 0.4) is 0 Å². The van der Waals surface area contributed by atoms with Crippen LogP contribution in [0.25, 0.3) is 0 Å². The average Bonchev–Trinajstić information content (AvgIpc) is 0.722. The number of hydrogen-bond acceptors (Lipinski definition) is 1. The Morgan fingerprint density at radius 1 is 0.818 bits per heavy atom. The third kappa shape index (κ3) is 311. The molecule has 0 atom stereocenters. The predicted octanol–water partition coefficient (Wildman–Crippen LogP) is -9.99. The maximum absolute atomic E-state index is 8.88. The van der Waals surface area contributed by atoms with E-state index in [4.69, 9.17) is 19.2 Å².